The highest BCUT2D eigenvalue weighted by Gasteiger charge is 2.10. The molecule has 0 saturated heterocycles. The first kappa shape index (κ1) is 15.1. The molecule has 1 aromatic carbocycles. The topological polar surface area (TPSA) is 50.4 Å². The van der Waals surface area contributed by atoms with Crippen molar-refractivity contribution in [3.63, 3.8) is 0 Å². The normalized spacial score (nSPS) is 12.8. The van der Waals surface area contributed by atoms with Crippen molar-refractivity contribution < 1.29 is 9.52 Å². The summed E-state index contributed by atoms with van der Waals surface area (Å²) in [5, 5.41) is 10.0. The van der Waals surface area contributed by atoms with Gasteiger partial charge in [-0.3, -0.25) is 0 Å². The molecule has 0 aliphatic heterocycles. The van der Waals surface area contributed by atoms with Crippen molar-refractivity contribution in [3.05, 3.63) is 45.3 Å². The van der Waals surface area contributed by atoms with Gasteiger partial charge in [-0.25, -0.2) is 4.79 Å². The second kappa shape index (κ2) is 6.46. The molecule has 0 bridgehead atoms. The van der Waals surface area contributed by atoms with Gasteiger partial charge in [0.25, 0.3) is 0 Å². The van der Waals surface area contributed by atoms with Gasteiger partial charge in [0.2, 0.25) is 0 Å². The van der Waals surface area contributed by atoms with Crippen LogP contribution in [0.15, 0.2) is 27.4 Å². The third-order valence-electron chi connectivity index (χ3n) is 3.49. The smallest absolute Gasteiger partial charge is 0.336 e. The highest BCUT2D eigenvalue weighted by atomic mass is 32.2. The fourth-order valence-corrected chi connectivity index (χ4v) is 3.15. The first-order valence-corrected chi connectivity index (χ1v) is 7.90. The lowest BCUT2D eigenvalue weighted by atomic mass is 10.0. The Morgan fingerprint density at radius 3 is 2.80 bits per heavy atom. The van der Waals surface area contributed by atoms with Gasteiger partial charge in [0.05, 0.1) is 0 Å². The Morgan fingerprint density at radius 2 is 2.10 bits per heavy atom. The van der Waals surface area contributed by atoms with E-state index in [4.69, 9.17) is 9.52 Å². The van der Waals surface area contributed by atoms with Gasteiger partial charge in [0.15, 0.2) is 0 Å². The highest BCUT2D eigenvalue weighted by Crippen LogP contribution is 2.26. The molecule has 1 heterocycles. The van der Waals surface area contributed by atoms with Crippen LogP contribution in [0.25, 0.3) is 11.0 Å². The average Bonchev–Trinajstić information content (AvgIpc) is 2.43. The Labute approximate surface area is 123 Å². The molecule has 108 valence electrons. The first-order valence-electron chi connectivity index (χ1n) is 6.74. The third kappa shape index (κ3) is 3.25. The summed E-state index contributed by atoms with van der Waals surface area (Å²) in [6.07, 6.45) is 0. The van der Waals surface area contributed by atoms with E-state index in [1.54, 1.807) is 17.8 Å². The summed E-state index contributed by atoms with van der Waals surface area (Å²) in [4.78, 5) is 11.7. The lowest BCUT2D eigenvalue weighted by Crippen LogP contribution is -2.05. The quantitative estimate of drug-likeness (QED) is 0.859. The maximum Gasteiger partial charge on any atom is 0.336 e. The van der Waals surface area contributed by atoms with Crippen LogP contribution in [-0.2, 0) is 5.75 Å². The fraction of sp³-hybridized carbons (Fsp3) is 0.438. The Bertz CT molecular complexity index is 661. The minimum Gasteiger partial charge on any atom is -0.422 e. The molecule has 1 unspecified atom stereocenters. The molecule has 0 aliphatic rings. The largest absolute Gasteiger partial charge is 0.422 e. The molecule has 3 nitrogen and oxygen atoms in total. The van der Waals surface area contributed by atoms with E-state index in [1.807, 2.05) is 26.8 Å². The molecule has 1 N–H and O–H groups in total. The molecule has 2 aromatic rings. The van der Waals surface area contributed by atoms with Gasteiger partial charge >= 0.3 is 5.63 Å². The molecule has 0 aliphatic carbocycles. The number of rotatable bonds is 5. The summed E-state index contributed by atoms with van der Waals surface area (Å²) in [5.41, 5.74) is 3.56. The predicted molar refractivity (Wildman–Crippen MR) is 84.4 cm³/mol. The van der Waals surface area contributed by atoms with E-state index >= 15 is 0 Å². The molecule has 20 heavy (non-hydrogen) atoms. The number of hydrogen-bond acceptors (Lipinski definition) is 4. The number of aliphatic hydroxyl groups excluding tert-OH is 1. The Hall–Kier alpha value is -1.26. The van der Waals surface area contributed by atoms with E-state index in [-0.39, 0.29) is 18.2 Å². The number of thioether (sulfide) groups is 1. The van der Waals surface area contributed by atoms with Crippen molar-refractivity contribution in [2.75, 3.05) is 12.4 Å². The summed E-state index contributed by atoms with van der Waals surface area (Å²) in [6, 6.07) is 5.65. The van der Waals surface area contributed by atoms with Gasteiger partial charge in [-0.15, -0.1) is 0 Å². The monoisotopic (exact) mass is 292 g/mol. The molecule has 4 heteroatoms. The number of aryl methyl sites for hydroxylation is 2. The molecular formula is C16H20O3S. The zero-order chi connectivity index (χ0) is 14.7. The van der Waals surface area contributed by atoms with Gasteiger partial charge in [0.1, 0.15) is 5.58 Å². The van der Waals surface area contributed by atoms with Crippen molar-refractivity contribution in [3.8, 4) is 0 Å². The van der Waals surface area contributed by atoms with Gasteiger partial charge < -0.3 is 9.52 Å². The van der Waals surface area contributed by atoms with E-state index in [1.165, 1.54) is 0 Å². The Morgan fingerprint density at radius 1 is 1.35 bits per heavy atom. The first-order chi connectivity index (χ1) is 9.52. The van der Waals surface area contributed by atoms with E-state index in [2.05, 4.69) is 6.07 Å². The summed E-state index contributed by atoms with van der Waals surface area (Å²) in [5.74, 6) is 1.91. The molecule has 0 radical (unpaired) electrons. The van der Waals surface area contributed by atoms with E-state index in [9.17, 15) is 4.79 Å². The van der Waals surface area contributed by atoms with Crippen LogP contribution >= 0.6 is 11.8 Å². The van der Waals surface area contributed by atoms with Crippen molar-refractivity contribution in [1.29, 1.82) is 0 Å². The summed E-state index contributed by atoms with van der Waals surface area (Å²) < 4.78 is 5.36. The molecule has 0 amide bonds. The second-order valence-electron chi connectivity index (χ2n) is 5.28. The minimum absolute atomic E-state index is 0.197. The van der Waals surface area contributed by atoms with Crippen LogP contribution < -0.4 is 5.63 Å². The highest BCUT2D eigenvalue weighted by molar-refractivity contribution is 7.98. The summed E-state index contributed by atoms with van der Waals surface area (Å²) >= 11 is 1.73. The maximum atomic E-state index is 11.7. The van der Waals surface area contributed by atoms with Gasteiger partial charge in [-0.05, 0) is 42.2 Å². The second-order valence-corrected chi connectivity index (χ2v) is 6.31. The lowest BCUT2D eigenvalue weighted by Gasteiger charge is -2.10. The minimum atomic E-state index is -0.294. The zero-order valence-electron chi connectivity index (χ0n) is 12.1. The fourth-order valence-electron chi connectivity index (χ4n) is 2.07. The Balaban J connectivity index is 2.33. The van der Waals surface area contributed by atoms with Crippen molar-refractivity contribution in [2.24, 2.45) is 5.92 Å². The molecule has 2 rings (SSSR count). The van der Waals surface area contributed by atoms with Crippen LogP contribution in [0, 0.1) is 19.8 Å². The van der Waals surface area contributed by atoms with Crippen molar-refractivity contribution >= 4 is 22.7 Å². The van der Waals surface area contributed by atoms with E-state index < -0.39 is 0 Å². The Kier molecular flexibility index (Phi) is 4.89. The van der Waals surface area contributed by atoms with Crippen LogP contribution in [0.2, 0.25) is 0 Å². The summed E-state index contributed by atoms with van der Waals surface area (Å²) in [7, 11) is 0. The van der Waals surface area contributed by atoms with E-state index in [0.717, 1.165) is 33.6 Å². The number of aliphatic hydroxyl groups is 1. The SMILES string of the molecule is Cc1ccc2c(CSCC(C)CO)cc(=O)oc2c1C. The van der Waals surface area contributed by atoms with Gasteiger partial charge in [0, 0.05) is 23.8 Å². The third-order valence-corrected chi connectivity index (χ3v) is 4.81. The van der Waals surface area contributed by atoms with Crippen LogP contribution in [0.1, 0.15) is 23.6 Å². The van der Waals surface area contributed by atoms with E-state index in [0.29, 0.717) is 5.58 Å². The lowest BCUT2D eigenvalue weighted by molar-refractivity contribution is 0.250. The average molecular weight is 292 g/mol. The van der Waals surface area contributed by atoms with Crippen molar-refractivity contribution in [2.45, 2.75) is 26.5 Å². The molecular weight excluding hydrogens is 272 g/mol. The van der Waals surface area contributed by atoms with Gasteiger partial charge in [-0.1, -0.05) is 19.1 Å². The molecule has 0 saturated carbocycles. The van der Waals surface area contributed by atoms with Crippen LogP contribution in [0.5, 0.6) is 0 Å². The molecule has 0 fully saturated rings. The number of hydrogen-bond donors (Lipinski definition) is 1. The summed E-state index contributed by atoms with van der Waals surface area (Å²) in [6.45, 7) is 6.20. The number of fused-ring (bicyclic) bond motifs is 1. The molecule has 1 aromatic heterocycles. The number of benzene rings is 1. The van der Waals surface area contributed by atoms with Crippen LogP contribution in [-0.4, -0.2) is 17.5 Å². The van der Waals surface area contributed by atoms with Gasteiger partial charge in [-0.2, -0.15) is 11.8 Å². The molecule has 1 atom stereocenters. The predicted octanol–water partition coefficient (Wildman–Crippen LogP) is 3.27. The molecule has 0 spiro atoms. The standard InChI is InChI=1S/C16H20O3S/c1-10(7-17)8-20-9-13-6-15(18)19-16-12(3)11(2)4-5-14(13)16/h4-6,10,17H,7-9H2,1-3H3. The zero-order valence-corrected chi connectivity index (χ0v) is 12.9. The van der Waals surface area contributed by atoms with Crippen LogP contribution in [0.3, 0.4) is 0 Å². The maximum absolute atomic E-state index is 11.7. The van der Waals surface area contributed by atoms with Crippen molar-refractivity contribution in [1.82, 2.24) is 0 Å². The van der Waals surface area contributed by atoms with Crippen LogP contribution in [0.4, 0.5) is 0 Å².